The minimum absolute atomic E-state index is 0.276. The van der Waals surface area contributed by atoms with Gasteiger partial charge in [0.25, 0.3) is 0 Å². The van der Waals surface area contributed by atoms with Crippen molar-refractivity contribution in [2.45, 2.75) is 12.6 Å². The Morgan fingerprint density at radius 1 is 1.55 bits per heavy atom. The molecule has 1 fully saturated rings. The van der Waals surface area contributed by atoms with Crippen LogP contribution in [0.25, 0.3) is 0 Å². The molecule has 5 nitrogen and oxygen atoms in total. The van der Waals surface area contributed by atoms with Crippen LogP contribution in [0.5, 0.6) is 0 Å². The Labute approximate surface area is 126 Å². The molecule has 2 amide bonds. The molecule has 1 aromatic carbocycles. The minimum atomic E-state index is -0.959. The van der Waals surface area contributed by atoms with Crippen LogP contribution < -0.4 is 0 Å². The van der Waals surface area contributed by atoms with Gasteiger partial charge in [0.2, 0.25) is 0 Å². The lowest BCUT2D eigenvalue weighted by atomic mass is 10.2. The van der Waals surface area contributed by atoms with Crippen LogP contribution in [0.2, 0.25) is 5.02 Å². The van der Waals surface area contributed by atoms with Crippen LogP contribution in [0.3, 0.4) is 0 Å². The molecule has 1 saturated heterocycles. The van der Waals surface area contributed by atoms with Crippen molar-refractivity contribution in [3.8, 4) is 0 Å². The zero-order valence-electron chi connectivity index (χ0n) is 11.0. The zero-order valence-corrected chi connectivity index (χ0v) is 12.5. The molecule has 0 aliphatic carbocycles. The van der Waals surface area contributed by atoms with E-state index in [-0.39, 0.29) is 6.03 Å². The van der Waals surface area contributed by atoms with Gasteiger partial charge in [0.15, 0.2) is 0 Å². The molecule has 0 radical (unpaired) electrons. The second-order valence-electron chi connectivity index (χ2n) is 4.59. The van der Waals surface area contributed by atoms with Gasteiger partial charge in [-0.25, -0.2) is 9.59 Å². The number of thioether (sulfide) groups is 1. The van der Waals surface area contributed by atoms with Gasteiger partial charge in [-0.1, -0.05) is 23.7 Å². The monoisotopic (exact) mass is 314 g/mol. The van der Waals surface area contributed by atoms with E-state index in [1.54, 1.807) is 19.2 Å². The molecule has 0 aromatic heterocycles. The van der Waals surface area contributed by atoms with Crippen molar-refractivity contribution >= 4 is 35.4 Å². The molecule has 0 unspecified atom stereocenters. The van der Waals surface area contributed by atoms with Gasteiger partial charge < -0.3 is 14.9 Å². The Morgan fingerprint density at radius 3 is 2.95 bits per heavy atom. The predicted octanol–water partition coefficient (Wildman–Crippen LogP) is 2.35. The molecule has 1 N–H and O–H groups in total. The van der Waals surface area contributed by atoms with Crippen LogP contribution in [-0.2, 0) is 11.3 Å². The minimum Gasteiger partial charge on any atom is -0.480 e. The van der Waals surface area contributed by atoms with E-state index in [0.29, 0.717) is 23.2 Å². The number of aliphatic carboxylic acids is 1. The largest absolute Gasteiger partial charge is 0.480 e. The van der Waals surface area contributed by atoms with Crippen molar-refractivity contribution in [2.75, 3.05) is 18.7 Å². The molecule has 2 rings (SSSR count). The summed E-state index contributed by atoms with van der Waals surface area (Å²) in [5.74, 6) is -0.110. The predicted molar refractivity (Wildman–Crippen MR) is 78.9 cm³/mol. The number of carboxylic acid groups (broad SMARTS) is 1. The van der Waals surface area contributed by atoms with Gasteiger partial charge in [-0.3, -0.25) is 0 Å². The van der Waals surface area contributed by atoms with Crippen LogP contribution in [0.15, 0.2) is 24.3 Å². The number of amides is 2. The quantitative estimate of drug-likeness (QED) is 0.930. The summed E-state index contributed by atoms with van der Waals surface area (Å²) in [6.07, 6.45) is 0. The Kier molecular flexibility index (Phi) is 4.77. The fourth-order valence-electron chi connectivity index (χ4n) is 2.03. The summed E-state index contributed by atoms with van der Waals surface area (Å²) in [5, 5.41) is 9.71. The second-order valence-corrected chi connectivity index (χ2v) is 6.03. The first-order chi connectivity index (χ1) is 9.49. The second kappa shape index (κ2) is 6.37. The van der Waals surface area contributed by atoms with E-state index in [1.807, 2.05) is 12.1 Å². The summed E-state index contributed by atoms with van der Waals surface area (Å²) in [6, 6.07) is 6.24. The molecular formula is C13H15ClN2O3S. The lowest BCUT2D eigenvalue weighted by Gasteiger charge is -2.27. The normalized spacial score (nSPS) is 18.1. The number of carbonyl (C=O) groups excluding carboxylic acids is 1. The van der Waals surface area contributed by atoms with Crippen molar-refractivity contribution in [3.05, 3.63) is 34.9 Å². The average molecular weight is 315 g/mol. The number of rotatable bonds is 3. The van der Waals surface area contributed by atoms with Gasteiger partial charge in [-0.05, 0) is 17.7 Å². The Bertz CT molecular complexity index is 526. The van der Waals surface area contributed by atoms with Gasteiger partial charge in [-0.2, -0.15) is 0 Å². The number of carboxylic acids is 1. The van der Waals surface area contributed by atoms with Gasteiger partial charge in [0.1, 0.15) is 6.04 Å². The molecule has 1 heterocycles. The van der Waals surface area contributed by atoms with Crippen molar-refractivity contribution in [3.63, 3.8) is 0 Å². The summed E-state index contributed by atoms with van der Waals surface area (Å²) in [4.78, 5) is 26.3. The summed E-state index contributed by atoms with van der Waals surface area (Å²) >= 11 is 7.35. The van der Waals surface area contributed by atoms with E-state index < -0.39 is 12.0 Å². The third-order valence-corrected chi connectivity index (χ3v) is 4.30. The summed E-state index contributed by atoms with van der Waals surface area (Å²) < 4.78 is 0. The van der Waals surface area contributed by atoms with E-state index in [1.165, 1.54) is 21.6 Å². The third kappa shape index (κ3) is 3.37. The van der Waals surface area contributed by atoms with Crippen molar-refractivity contribution in [1.29, 1.82) is 0 Å². The van der Waals surface area contributed by atoms with Gasteiger partial charge in [-0.15, -0.1) is 11.8 Å². The van der Waals surface area contributed by atoms with Gasteiger partial charge >= 0.3 is 12.0 Å². The highest BCUT2D eigenvalue weighted by atomic mass is 35.5. The van der Waals surface area contributed by atoms with Crippen LogP contribution in [-0.4, -0.2) is 51.6 Å². The van der Waals surface area contributed by atoms with Crippen LogP contribution in [0.1, 0.15) is 5.56 Å². The number of benzene rings is 1. The zero-order chi connectivity index (χ0) is 14.7. The SMILES string of the molecule is CN(Cc1cccc(Cl)c1)C(=O)N1CSC[C@H]1C(=O)O. The van der Waals surface area contributed by atoms with E-state index in [0.717, 1.165) is 5.56 Å². The molecule has 1 atom stereocenters. The first kappa shape index (κ1) is 15.0. The number of nitrogens with zero attached hydrogens (tertiary/aromatic N) is 2. The van der Waals surface area contributed by atoms with E-state index >= 15 is 0 Å². The number of carbonyl (C=O) groups is 2. The van der Waals surface area contributed by atoms with E-state index in [9.17, 15) is 9.59 Å². The lowest BCUT2D eigenvalue weighted by Crippen LogP contribution is -2.47. The molecule has 1 aromatic rings. The smallest absolute Gasteiger partial charge is 0.327 e. The molecular weight excluding hydrogens is 300 g/mol. The molecule has 20 heavy (non-hydrogen) atoms. The van der Waals surface area contributed by atoms with Gasteiger partial charge in [0, 0.05) is 24.4 Å². The fourth-order valence-corrected chi connectivity index (χ4v) is 3.38. The number of halogens is 1. The highest BCUT2D eigenvalue weighted by Crippen LogP contribution is 2.23. The lowest BCUT2D eigenvalue weighted by molar-refractivity contribution is -0.140. The molecule has 7 heteroatoms. The standard InChI is InChI=1S/C13H15ClN2O3S/c1-15(6-9-3-2-4-10(14)5-9)13(19)16-8-20-7-11(16)12(17)18/h2-5,11H,6-8H2,1H3,(H,17,18)/t11-/m0/s1. The van der Waals surface area contributed by atoms with Crippen LogP contribution in [0, 0.1) is 0 Å². The Hall–Kier alpha value is -1.40. The van der Waals surface area contributed by atoms with Gasteiger partial charge in [0.05, 0.1) is 5.88 Å². The average Bonchev–Trinajstić information content (AvgIpc) is 2.87. The van der Waals surface area contributed by atoms with Crippen molar-refractivity contribution in [1.82, 2.24) is 9.80 Å². The summed E-state index contributed by atoms with van der Waals surface area (Å²) in [6.45, 7) is 0.396. The topological polar surface area (TPSA) is 60.9 Å². The Morgan fingerprint density at radius 2 is 2.30 bits per heavy atom. The number of urea groups is 1. The number of hydrogen-bond acceptors (Lipinski definition) is 3. The van der Waals surface area contributed by atoms with E-state index in [2.05, 4.69) is 0 Å². The Balaban J connectivity index is 2.03. The highest BCUT2D eigenvalue weighted by Gasteiger charge is 2.35. The highest BCUT2D eigenvalue weighted by molar-refractivity contribution is 7.99. The number of hydrogen-bond donors (Lipinski definition) is 1. The van der Waals surface area contributed by atoms with Crippen molar-refractivity contribution < 1.29 is 14.7 Å². The maximum atomic E-state index is 12.3. The molecule has 108 valence electrons. The molecule has 0 saturated carbocycles. The van der Waals surface area contributed by atoms with Crippen molar-refractivity contribution in [2.24, 2.45) is 0 Å². The summed E-state index contributed by atoms with van der Waals surface area (Å²) in [5.41, 5.74) is 0.909. The third-order valence-electron chi connectivity index (χ3n) is 3.05. The molecule has 0 bridgehead atoms. The molecule has 1 aliphatic rings. The first-order valence-electron chi connectivity index (χ1n) is 6.06. The first-order valence-corrected chi connectivity index (χ1v) is 7.59. The maximum Gasteiger partial charge on any atom is 0.327 e. The summed E-state index contributed by atoms with van der Waals surface area (Å²) in [7, 11) is 1.66. The molecule has 1 aliphatic heterocycles. The van der Waals surface area contributed by atoms with E-state index in [4.69, 9.17) is 16.7 Å². The fraction of sp³-hybridized carbons (Fsp3) is 0.385. The maximum absolute atomic E-state index is 12.3. The van der Waals surface area contributed by atoms with Crippen LogP contribution in [0.4, 0.5) is 4.79 Å². The molecule has 0 spiro atoms. The van der Waals surface area contributed by atoms with Crippen LogP contribution >= 0.6 is 23.4 Å².